The van der Waals surface area contributed by atoms with Gasteiger partial charge in [-0.25, -0.2) is 0 Å². The van der Waals surface area contributed by atoms with E-state index in [1.165, 1.54) is 0 Å². The molecule has 3 heteroatoms. The number of nitrogens with zero attached hydrogens (tertiary/aromatic N) is 1. The van der Waals surface area contributed by atoms with Crippen LogP contribution < -0.4 is 5.73 Å². The quantitative estimate of drug-likeness (QED) is 0.665. The Morgan fingerprint density at radius 1 is 1.62 bits per heavy atom. The van der Waals surface area contributed by atoms with Crippen LogP contribution >= 0.6 is 0 Å². The van der Waals surface area contributed by atoms with Crippen LogP contribution in [0.3, 0.4) is 0 Å². The van der Waals surface area contributed by atoms with Crippen molar-refractivity contribution in [3.8, 4) is 0 Å². The van der Waals surface area contributed by atoms with Crippen LogP contribution in [0, 0.1) is 6.92 Å². The van der Waals surface area contributed by atoms with Crippen LogP contribution in [0.15, 0.2) is 18.3 Å². The fourth-order valence-corrected chi connectivity index (χ4v) is 1.80. The zero-order valence-corrected chi connectivity index (χ0v) is 7.70. The Morgan fingerprint density at radius 3 is 2.85 bits per heavy atom. The molecule has 1 aliphatic rings. The van der Waals surface area contributed by atoms with Crippen molar-refractivity contribution in [2.24, 2.45) is 5.73 Å². The molecule has 0 radical (unpaired) electrons. The maximum atomic E-state index is 9.21. The predicted octanol–water partition coefficient (Wildman–Crippen LogP) is 0.699. The molecule has 1 fully saturated rings. The second-order valence-corrected chi connectivity index (χ2v) is 3.94. The second-order valence-electron chi connectivity index (χ2n) is 3.94. The summed E-state index contributed by atoms with van der Waals surface area (Å²) in [4.78, 5) is 4.23. The molecular weight excluding hydrogens is 164 g/mol. The highest BCUT2D eigenvalue weighted by Crippen LogP contribution is 2.37. The molecule has 13 heavy (non-hydrogen) atoms. The summed E-state index contributed by atoms with van der Waals surface area (Å²) in [6.45, 7) is 2.02. The summed E-state index contributed by atoms with van der Waals surface area (Å²) in [6.07, 6.45) is 2.78. The number of nitrogens with two attached hydrogens (primary N) is 1. The van der Waals surface area contributed by atoms with Crippen molar-refractivity contribution in [2.45, 2.75) is 31.4 Å². The second kappa shape index (κ2) is 2.79. The first kappa shape index (κ1) is 8.66. The Balaban J connectivity index is 2.26. The zero-order chi connectivity index (χ0) is 9.47. The molecule has 1 aromatic heterocycles. The van der Waals surface area contributed by atoms with E-state index in [0.717, 1.165) is 11.3 Å². The van der Waals surface area contributed by atoms with Crippen LogP contribution in [0.4, 0.5) is 0 Å². The first-order valence-electron chi connectivity index (χ1n) is 4.50. The van der Waals surface area contributed by atoms with E-state index in [1.54, 1.807) is 6.20 Å². The lowest BCUT2D eigenvalue weighted by Gasteiger charge is -2.41. The van der Waals surface area contributed by atoms with E-state index in [1.807, 2.05) is 19.1 Å². The van der Waals surface area contributed by atoms with Gasteiger partial charge in [0.15, 0.2) is 0 Å². The maximum absolute atomic E-state index is 9.21. The molecule has 1 saturated carbocycles. The van der Waals surface area contributed by atoms with Gasteiger partial charge in [0.2, 0.25) is 0 Å². The van der Waals surface area contributed by atoms with Crippen molar-refractivity contribution < 1.29 is 5.11 Å². The summed E-state index contributed by atoms with van der Waals surface area (Å²) in [6, 6.07) is 3.94. The summed E-state index contributed by atoms with van der Waals surface area (Å²) < 4.78 is 0. The van der Waals surface area contributed by atoms with E-state index in [4.69, 9.17) is 5.73 Å². The molecule has 0 aliphatic heterocycles. The monoisotopic (exact) mass is 178 g/mol. The predicted molar refractivity (Wildman–Crippen MR) is 50.1 cm³/mol. The average molecular weight is 178 g/mol. The topological polar surface area (TPSA) is 59.1 Å². The third kappa shape index (κ3) is 1.45. The maximum Gasteiger partial charge on any atom is 0.0633 e. The van der Waals surface area contributed by atoms with Gasteiger partial charge < -0.3 is 10.8 Å². The van der Waals surface area contributed by atoms with Crippen LogP contribution in [0.2, 0.25) is 0 Å². The van der Waals surface area contributed by atoms with Gasteiger partial charge in [0.05, 0.1) is 17.3 Å². The Kier molecular flexibility index (Phi) is 1.86. The largest absolute Gasteiger partial charge is 0.393 e. The lowest BCUT2D eigenvalue weighted by atomic mass is 9.72. The smallest absolute Gasteiger partial charge is 0.0633 e. The third-order valence-electron chi connectivity index (χ3n) is 2.63. The molecule has 1 heterocycles. The fourth-order valence-electron chi connectivity index (χ4n) is 1.80. The molecule has 0 spiro atoms. The SMILES string of the molecule is Cc1ccnc(C2(N)CC(O)C2)c1. The van der Waals surface area contributed by atoms with E-state index >= 15 is 0 Å². The van der Waals surface area contributed by atoms with E-state index in [2.05, 4.69) is 4.98 Å². The molecule has 2 rings (SSSR count). The highest BCUT2D eigenvalue weighted by atomic mass is 16.3. The third-order valence-corrected chi connectivity index (χ3v) is 2.63. The molecule has 0 saturated heterocycles. The first-order chi connectivity index (χ1) is 6.10. The Bertz CT molecular complexity index is 318. The molecule has 0 atom stereocenters. The number of aliphatic hydroxyl groups excluding tert-OH is 1. The average Bonchev–Trinajstić information content (AvgIpc) is 2.02. The van der Waals surface area contributed by atoms with Crippen LogP contribution in [-0.2, 0) is 5.54 Å². The van der Waals surface area contributed by atoms with Crippen molar-refractivity contribution >= 4 is 0 Å². The minimum atomic E-state index is -0.383. The zero-order valence-electron chi connectivity index (χ0n) is 7.70. The van der Waals surface area contributed by atoms with Crippen molar-refractivity contribution in [1.29, 1.82) is 0 Å². The molecule has 1 aromatic rings. The van der Waals surface area contributed by atoms with Gasteiger partial charge in [0.25, 0.3) is 0 Å². The van der Waals surface area contributed by atoms with E-state index in [-0.39, 0.29) is 11.6 Å². The number of aliphatic hydroxyl groups is 1. The summed E-state index contributed by atoms with van der Waals surface area (Å²) in [5.41, 5.74) is 7.74. The van der Waals surface area contributed by atoms with Gasteiger partial charge in [0.1, 0.15) is 0 Å². The molecule has 3 nitrogen and oxygen atoms in total. The first-order valence-corrected chi connectivity index (χ1v) is 4.50. The number of aromatic nitrogens is 1. The van der Waals surface area contributed by atoms with Crippen molar-refractivity contribution in [3.05, 3.63) is 29.6 Å². The Hall–Kier alpha value is -0.930. The van der Waals surface area contributed by atoms with Crippen LogP contribution in [0.5, 0.6) is 0 Å². The highest BCUT2D eigenvalue weighted by Gasteiger charge is 2.42. The lowest BCUT2D eigenvalue weighted by Crippen LogP contribution is -2.52. The number of aryl methyl sites for hydroxylation is 1. The molecule has 70 valence electrons. The van der Waals surface area contributed by atoms with Crippen LogP contribution in [-0.4, -0.2) is 16.2 Å². The molecule has 1 aliphatic carbocycles. The minimum Gasteiger partial charge on any atom is -0.393 e. The molecule has 0 unspecified atom stereocenters. The van der Waals surface area contributed by atoms with Gasteiger partial charge in [-0.05, 0) is 37.5 Å². The molecule has 0 bridgehead atoms. The molecule has 0 aromatic carbocycles. The van der Waals surface area contributed by atoms with E-state index in [0.29, 0.717) is 12.8 Å². The van der Waals surface area contributed by atoms with Gasteiger partial charge in [-0.1, -0.05) is 0 Å². The number of hydrogen-bond donors (Lipinski definition) is 2. The van der Waals surface area contributed by atoms with Crippen molar-refractivity contribution in [3.63, 3.8) is 0 Å². The van der Waals surface area contributed by atoms with Gasteiger partial charge in [-0.15, -0.1) is 0 Å². The number of pyridine rings is 1. The number of hydrogen-bond acceptors (Lipinski definition) is 3. The Morgan fingerprint density at radius 2 is 2.31 bits per heavy atom. The lowest BCUT2D eigenvalue weighted by molar-refractivity contribution is 0.0188. The minimum absolute atomic E-state index is 0.243. The molecule has 3 N–H and O–H groups in total. The Labute approximate surface area is 77.6 Å². The van der Waals surface area contributed by atoms with Gasteiger partial charge in [-0.2, -0.15) is 0 Å². The molecular formula is C10H14N2O. The van der Waals surface area contributed by atoms with Gasteiger partial charge in [0, 0.05) is 6.20 Å². The summed E-state index contributed by atoms with van der Waals surface area (Å²) in [5, 5.41) is 9.21. The number of rotatable bonds is 1. The fraction of sp³-hybridized carbons (Fsp3) is 0.500. The molecule has 0 amide bonds. The van der Waals surface area contributed by atoms with Gasteiger partial charge >= 0.3 is 0 Å². The van der Waals surface area contributed by atoms with Crippen LogP contribution in [0.1, 0.15) is 24.1 Å². The normalized spacial score (nSPS) is 32.7. The van der Waals surface area contributed by atoms with Crippen LogP contribution in [0.25, 0.3) is 0 Å². The highest BCUT2D eigenvalue weighted by molar-refractivity contribution is 5.24. The van der Waals surface area contributed by atoms with E-state index in [9.17, 15) is 5.11 Å². The van der Waals surface area contributed by atoms with Crippen molar-refractivity contribution in [1.82, 2.24) is 4.98 Å². The summed E-state index contributed by atoms with van der Waals surface area (Å²) in [7, 11) is 0. The van der Waals surface area contributed by atoms with E-state index < -0.39 is 0 Å². The summed E-state index contributed by atoms with van der Waals surface area (Å²) >= 11 is 0. The van der Waals surface area contributed by atoms with Crippen molar-refractivity contribution in [2.75, 3.05) is 0 Å². The standard InChI is InChI=1S/C10H14N2O/c1-7-2-3-12-9(4-7)10(11)5-8(13)6-10/h2-4,8,13H,5-6,11H2,1H3. The summed E-state index contributed by atoms with van der Waals surface area (Å²) in [5.74, 6) is 0. The van der Waals surface area contributed by atoms with Gasteiger partial charge in [-0.3, -0.25) is 4.98 Å².